The lowest BCUT2D eigenvalue weighted by molar-refractivity contribution is -0.136. The standard InChI is InChI=1S/C21H25Br2NO4/c1-3-24-17-8-15(12-27-4-2)7-16(9-17)13-28-21-18(22)10-14(11-19(21)23)5-6-20(25)26/h7-11,24H,3-6,12-13H2,1-2H3,(H,25,26). The van der Waals surface area contributed by atoms with Gasteiger partial charge in [0, 0.05) is 25.3 Å². The van der Waals surface area contributed by atoms with Gasteiger partial charge in [-0.2, -0.15) is 0 Å². The summed E-state index contributed by atoms with van der Waals surface area (Å²) in [6, 6.07) is 10.0. The van der Waals surface area contributed by atoms with E-state index in [-0.39, 0.29) is 6.42 Å². The van der Waals surface area contributed by atoms with Crippen molar-refractivity contribution in [3.05, 3.63) is 56.0 Å². The van der Waals surface area contributed by atoms with E-state index in [0.717, 1.165) is 37.9 Å². The minimum atomic E-state index is -0.809. The summed E-state index contributed by atoms with van der Waals surface area (Å²) in [5, 5.41) is 12.2. The fraction of sp³-hybridized carbons (Fsp3) is 0.381. The second-order valence-electron chi connectivity index (χ2n) is 6.28. The summed E-state index contributed by atoms with van der Waals surface area (Å²) in [5.41, 5.74) is 4.12. The van der Waals surface area contributed by atoms with E-state index in [0.29, 0.717) is 32.0 Å². The summed E-state index contributed by atoms with van der Waals surface area (Å²) in [5.74, 6) is -0.115. The maximum atomic E-state index is 10.8. The predicted molar refractivity (Wildman–Crippen MR) is 118 cm³/mol. The van der Waals surface area contributed by atoms with Crippen LogP contribution < -0.4 is 10.1 Å². The van der Waals surface area contributed by atoms with Gasteiger partial charge in [0.2, 0.25) is 0 Å². The van der Waals surface area contributed by atoms with Crippen LogP contribution in [0.2, 0.25) is 0 Å². The number of benzene rings is 2. The van der Waals surface area contributed by atoms with E-state index in [1.807, 2.05) is 19.1 Å². The highest BCUT2D eigenvalue weighted by atomic mass is 79.9. The second kappa shape index (κ2) is 11.4. The first-order valence-corrected chi connectivity index (χ1v) is 10.8. The van der Waals surface area contributed by atoms with Crippen molar-refractivity contribution < 1.29 is 19.4 Å². The lowest BCUT2D eigenvalue weighted by Crippen LogP contribution is -2.03. The molecule has 0 aromatic heterocycles. The van der Waals surface area contributed by atoms with E-state index in [2.05, 4.69) is 62.3 Å². The third-order valence-electron chi connectivity index (χ3n) is 3.98. The van der Waals surface area contributed by atoms with Crippen molar-refractivity contribution in [2.75, 3.05) is 18.5 Å². The monoisotopic (exact) mass is 513 g/mol. The number of nitrogens with one attached hydrogen (secondary N) is 1. The van der Waals surface area contributed by atoms with Crippen molar-refractivity contribution in [3.63, 3.8) is 0 Å². The number of ether oxygens (including phenoxy) is 2. The maximum absolute atomic E-state index is 10.8. The lowest BCUT2D eigenvalue weighted by atomic mass is 10.1. The first-order valence-electron chi connectivity index (χ1n) is 9.19. The molecular weight excluding hydrogens is 490 g/mol. The fourth-order valence-corrected chi connectivity index (χ4v) is 4.27. The molecule has 2 N–H and O–H groups in total. The molecule has 0 heterocycles. The summed E-state index contributed by atoms with van der Waals surface area (Å²) in [6.45, 7) is 6.52. The molecule has 2 rings (SSSR count). The third kappa shape index (κ3) is 7.11. The van der Waals surface area contributed by atoms with E-state index in [9.17, 15) is 4.79 Å². The molecule has 0 amide bonds. The number of carbonyl (C=O) groups is 1. The van der Waals surface area contributed by atoms with Gasteiger partial charge in [-0.15, -0.1) is 0 Å². The molecule has 152 valence electrons. The number of carboxylic acids is 1. The smallest absolute Gasteiger partial charge is 0.303 e. The summed E-state index contributed by atoms with van der Waals surface area (Å²) < 4.78 is 13.2. The normalized spacial score (nSPS) is 10.7. The Hall–Kier alpha value is -1.57. The summed E-state index contributed by atoms with van der Waals surface area (Å²) in [6.07, 6.45) is 0.567. The van der Waals surface area contributed by atoms with Crippen LogP contribution in [0.15, 0.2) is 39.3 Å². The Morgan fingerprint density at radius 2 is 1.64 bits per heavy atom. The Bertz CT molecular complexity index is 788. The average Bonchev–Trinajstić information content (AvgIpc) is 2.64. The van der Waals surface area contributed by atoms with Crippen LogP contribution in [0.25, 0.3) is 0 Å². The second-order valence-corrected chi connectivity index (χ2v) is 7.99. The van der Waals surface area contributed by atoms with Crippen molar-refractivity contribution in [1.29, 1.82) is 0 Å². The summed E-state index contributed by atoms with van der Waals surface area (Å²) in [4.78, 5) is 10.8. The molecule has 28 heavy (non-hydrogen) atoms. The number of aryl methyl sites for hydroxylation is 1. The van der Waals surface area contributed by atoms with E-state index in [1.165, 1.54) is 0 Å². The molecule has 0 spiro atoms. The maximum Gasteiger partial charge on any atom is 0.303 e. The molecule has 2 aromatic rings. The van der Waals surface area contributed by atoms with Gasteiger partial charge >= 0.3 is 5.97 Å². The molecular formula is C21H25Br2NO4. The van der Waals surface area contributed by atoms with Crippen LogP contribution in [0.5, 0.6) is 5.75 Å². The highest BCUT2D eigenvalue weighted by molar-refractivity contribution is 9.11. The van der Waals surface area contributed by atoms with Crippen molar-refractivity contribution >= 4 is 43.5 Å². The van der Waals surface area contributed by atoms with E-state index in [1.54, 1.807) is 0 Å². The first-order chi connectivity index (χ1) is 13.4. The largest absolute Gasteiger partial charge is 0.487 e. The van der Waals surface area contributed by atoms with Crippen LogP contribution in [0.4, 0.5) is 5.69 Å². The molecule has 0 radical (unpaired) electrons. The van der Waals surface area contributed by atoms with Gasteiger partial charge in [-0.05, 0) is 99.2 Å². The summed E-state index contributed by atoms with van der Waals surface area (Å²) in [7, 11) is 0. The van der Waals surface area contributed by atoms with Crippen LogP contribution in [-0.2, 0) is 29.2 Å². The van der Waals surface area contributed by atoms with Gasteiger partial charge in [-0.25, -0.2) is 0 Å². The van der Waals surface area contributed by atoms with Gasteiger partial charge in [-0.3, -0.25) is 4.79 Å². The van der Waals surface area contributed by atoms with Crippen LogP contribution in [0.1, 0.15) is 37.0 Å². The van der Waals surface area contributed by atoms with E-state index in [4.69, 9.17) is 14.6 Å². The van der Waals surface area contributed by atoms with E-state index >= 15 is 0 Å². The topological polar surface area (TPSA) is 67.8 Å². The summed E-state index contributed by atoms with van der Waals surface area (Å²) >= 11 is 7.06. The quantitative estimate of drug-likeness (QED) is 0.398. The lowest BCUT2D eigenvalue weighted by Gasteiger charge is -2.14. The van der Waals surface area contributed by atoms with Crippen LogP contribution in [0.3, 0.4) is 0 Å². The molecule has 7 heteroatoms. The Labute approximate surface area is 182 Å². The molecule has 0 unspecified atom stereocenters. The number of hydrogen-bond acceptors (Lipinski definition) is 4. The molecule has 0 aliphatic carbocycles. The highest BCUT2D eigenvalue weighted by Crippen LogP contribution is 2.36. The molecule has 5 nitrogen and oxygen atoms in total. The fourth-order valence-electron chi connectivity index (χ4n) is 2.76. The number of anilines is 1. The molecule has 0 atom stereocenters. The average molecular weight is 515 g/mol. The van der Waals surface area contributed by atoms with Gasteiger partial charge < -0.3 is 19.9 Å². The Balaban J connectivity index is 2.14. The minimum absolute atomic E-state index is 0.0961. The van der Waals surface area contributed by atoms with Gasteiger partial charge in [0.25, 0.3) is 0 Å². The Morgan fingerprint density at radius 3 is 2.21 bits per heavy atom. The zero-order valence-corrected chi connectivity index (χ0v) is 19.2. The van der Waals surface area contributed by atoms with Crippen LogP contribution in [0, 0.1) is 0 Å². The molecule has 0 saturated carbocycles. The minimum Gasteiger partial charge on any atom is -0.487 e. The van der Waals surface area contributed by atoms with Crippen molar-refractivity contribution in [3.8, 4) is 5.75 Å². The Kier molecular flexibility index (Phi) is 9.28. The van der Waals surface area contributed by atoms with Crippen molar-refractivity contribution in [2.24, 2.45) is 0 Å². The van der Waals surface area contributed by atoms with Crippen molar-refractivity contribution in [2.45, 2.75) is 39.9 Å². The number of carboxylic acid groups (broad SMARTS) is 1. The zero-order chi connectivity index (χ0) is 20.5. The number of rotatable bonds is 11. The van der Waals surface area contributed by atoms with Crippen LogP contribution >= 0.6 is 31.9 Å². The molecule has 0 saturated heterocycles. The predicted octanol–water partition coefficient (Wildman–Crippen LogP) is 5.78. The Morgan fingerprint density at radius 1 is 1.00 bits per heavy atom. The number of aliphatic carboxylic acids is 1. The number of hydrogen-bond donors (Lipinski definition) is 2. The first kappa shape index (κ1) is 22.7. The molecule has 0 aliphatic heterocycles. The van der Waals surface area contributed by atoms with Crippen molar-refractivity contribution in [1.82, 2.24) is 0 Å². The molecule has 0 fully saturated rings. The van der Waals surface area contributed by atoms with E-state index < -0.39 is 5.97 Å². The SMILES string of the molecule is CCNc1cc(COCC)cc(COc2c(Br)cc(CCC(=O)O)cc2Br)c1. The van der Waals surface area contributed by atoms with Gasteiger partial charge in [-0.1, -0.05) is 0 Å². The van der Waals surface area contributed by atoms with Gasteiger partial charge in [0.1, 0.15) is 12.4 Å². The zero-order valence-electron chi connectivity index (χ0n) is 16.1. The van der Waals surface area contributed by atoms with Gasteiger partial charge in [0.05, 0.1) is 15.6 Å². The molecule has 0 aliphatic rings. The third-order valence-corrected chi connectivity index (χ3v) is 5.15. The van der Waals surface area contributed by atoms with Crippen LogP contribution in [-0.4, -0.2) is 24.2 Å². The molecule has 0 bridgehead atoms. The highest BCUT2D eigenvalue weighted by Gasteiger charge is 2.11. The molecule has 2 aromatic carbocycles. The van der Waals surface area contributed by atoms with Gasteiger partial charge in [0.15, 0.2) is 0 Å². The number of halogens is 2.